The van der Waals surface area contributed by atoms with E-state index >= 15 is 0 Å². The van der Waals surface area contributed by atoms with E-state index in [0.717, 1.165) is 28.0 Å². The lowest BCUT2D eigenvalue weighted by molar-refractivity contribution is -0.132. The number of aromatic nitrogens is 2. The molecule has 8 nitrogen and oxygen atoms in total. The number of phenols is 1. The summed E-state index contributed by atoms with van der Waals surface area (Å²) in [6, 6.07) is 27.3. The van der Waals surface area contributed by atoms with Crippen LogP contribution >= 0.6 is 34.7 Å². The second-order valence-electron chi connectivity index (χ2n) is 10.3. The fourth-order valence-corrected chi connectivity index (χ4v) is 6.91. The van der Waals surface area contributed by atoms with Crippen LogP contribution in [0.25, 0.3) is 5.76 Å². The Hall–Kier alpha value is -4.64. The smallest absolute Gasteiger partial charge is 0.301 e. The minimum absolute atomic E-state index is 0.0512. The number of aliphatic hydroxyl groups excluding tert-OH is 1. The summed E-state index contributed by atoms with van der Waals surface area (Å²) in [6.45, 7) is 2.39. The van der Waals surface area contributed by atoms with E-state index in [9.17, 15) is 19.8 Å². The van der Waals surface area contributed by atoms with Gasteiger partial charge in [0.1, 0.15) is 23.9 Å². The zero-order valence-corrected chi connectivity index (χ0v) is 26.3. The number of aliphatic hydroxyl groups is 1. The first-order chi connectivity index (χ1) is 21.8. The van der Waals surface area contributed by atoms with Crippen LogP contribution < -0.4 is 9.64 Å². The van der Waals surface area contributed by atoms with Crippen LogP contribution in [0.4, 0.5) is 5.13 Å². The van der Waals surface area contributed by atoms with Gasteiger partial charge < -0.3 is 14.9 Å². The lowest BCUT2D eigenvalue weighted by Gasteiger charge is -2.22. The van der Waals surface area contributed by atoms with Crippen LogP contribution in [0, 0.1) is 6.92 Å². The first-order valence-electron chi connectivity index (χ1n) is 13.9. The summed E-state index contributed by atoms with van der Waals surface area (Å²) in [4.78, 5) is 28.3. The summed E-state index contributed by atoms with van der Waals surface area (Å²) in [5, 5.41) is 31.0. The molecular weight excluding hydrogens is 630 g/mol. The van der Waals surface area contributed by atoms with Crippen LogP contribution in [0.1, 0.15) is 33.9 Å². The number of thioether (sulfide) groups is 1. The summed E-state index contributed by atoms with van der Waals surface area (Å²) >= 11 is 8.58. The van der Waals surface area contributed by atoms with Gasteiger partial charge in [-0.3, -0.25) is 14.5 Å². The van der Waals surface area contributed by atoms with E-state index in [0.29, 0.717) is 38.6 Å². The van der Waals surface area contributed by atoms with Gasteiger partial charge in [0.25, 0.3) is 5.78 Å². The first-order valence-corrected chi connectivity index (χ1v) is 16.0. The van der Waals surface area contributed by atoms with Gasteiger partial charge in [0.05, 0.1) is 11.6 Å². The molecule has 11 heteroatoms. The number of hydrogen-bond donors (Lipinski definition) is 2. The number of halogens is 1. The molecule has 1 amide bonds. The van der Waals surface area contributed by atoms with Crippen LogP contribution in [0.2, 0.25) is 5.02 Å². The second kappa shape index (κ2) is 13.2. The predicted molar refractivity (Wildman–Crippen MR) is 176 cm³/mol. The molecule has 0 saturated carbocycles. The Morgan fingerprint density at radius 2 is 1.71 bits per heavy atom. The lowest BCUT2D eigenvalue weighted by Crippen LogP contribution is -2.29. The van der Waals surface area contributed by atoms with Gasteiger partial charge in [-0.1, -0.05) is 88.8 Å². The highest BCUT2D eigenvalue weighted by molar-refractivity contribution is 8.00. The van der Waals surface area contributed by atoms with Gasteiger partial charge in [0.2, 0.25) is 5.13 Å². The number of carbonyl (C=O) groups is 2. The molecule has 0 spiro atoms. The number of nitrogens with zero attached hydrogens (tertiary/aromatic N) is 3. The van der Waals surface area contributed by atoms with Crippen molar-refractivity contribution in [2.75, 3.05) is 4.90 Å². The van der Waals surface area contributed by atoms with Crippen molar-refractivity contribution in [1.82, 2.24) is 10.2 Å². The van der Waals surface area contributed by atoms with Crippen molar-refractivity contribution in [3.63, 3.8) is 0 Å². The molecule has 1 saturated heterocycles. The molecule has 1 unspecified atom stereocenters. The number of rotatable bonds is 9. The van der Waals surface area contributed by atoms with Gasteiger partial charge in [-0.2, -0.15) is 0 Å². The number of benzene rings is 4. The minimum Gasteiger partial charge on any atom is -0.508 e. The van der Waals surface area contributed by atoms with Gasteiger partial charge in [0, 0.05) is 16.3 Å². The Kier molecular flexibility index (Phi) is 8.88. The molecule has 4 aromatic carbocycles. The molecule has 6 rings (SSSR count). The Balaban J connectivity index is 1.29. The van der Waals surface area contributed by atoms with E-state index in [1.54, 1.807) is 36.4 Å². The molecule has 1 atom stereocenters. The minimum atomic E-state index is -1.04. The molecule has 1 aromatic heterocycles. The van der Waals surface area contributed by atoms with Crippen LogP contribution in [0.5, 0.6) is 11.5 Å². The highest BCUT2D eigenvalue weighted by Gasteiger charge is 2.48. The van der Waals surface area contributed by atoms with E-state index in [4.69, 9.17) is 16.3 Å². The molecule has 1 aliphatic rings. The van der Waals surface area contributed by atoms with Crippen molar-refractivity contribution >= 4 is 57.3 Å². The molecule has 226 valence electrons. The van der Waals surface area contributed by atoms with E-state index in [2.05, 4.69) is 10.2 Å². The second-order valence-corrected chi connectivity index (χ2v) is 12.9. The summed E-state index contributed by atoms with van der Waals surface area (Å²) in [6.07, 6.45) is 0. The fraction of sp³-hybridized carbons (Fsp3) is 0.118. The zero-order valence-electron chi connectivity index (χ0n) is 23.9. The fourth-order valence-electron chi connectivity index (χ4n) is 4.96. The van der Waals surface area contributed by atoms with Crippen molar-refractivity contribution in [2.45, 2.75) is 29.7 Å². The molecule has 0 aliphatic carbocycles. The van der Waals surface area contributed by atoms with Crippen molar-refractivity contribution < 1.29 is 24.5 Å². The van der Waals surface area contributed by atoms with Crippen molar-refractivity contribution in [2.24, 2.45) is 0 Å². The Bertz CT molecular complexity index is 1910. The van der Waals surface area contributed by atoms with E-state index in [1.807, 2.05) is 55.5 Å². The number of carbonyl (C=O) groups excluding carboxylic acids is 2. The number of phenolic OH excluding ortho intramolecular Hbond substituents is 1. The standard InChI is InChI=1S/C34H26ClN3O5S2/c1-20-4-2-5-22(16-20)18-43-27-14-10-23(11-15-27)30(40)28-29(24-6-3-7-26(39)17-24)38(32(42)31(28)41)33-36-37-34(45-33)44-19-21-8-12-25(35)13-9-21/h2-17,29,39-40H,18-19H2,1H3. The maximum absolute atomic E-state index is 13.5. The number of aromatic hydroxyl groups is 1. The third kappa shape index (κ3) is 6.73. The largest absolute Gasteiger partial charge is 0.508 e. The molecule has 1 fully saturated rings. The number of ketones is 1. The van der Waals surface area contributed by atoms with E-state index in [1.165, 1.54) is 28.8 Å². The maximum atomic E-state index is 13.5. The van der Waals surface area contributed by atoms with Gasteiger partial charge in [0.15, 0.2) is 4.34 Å². The van der Waals surface area contributed by atoms with Crippen LogP contribution in [-0.4, -0.2) is 32.1 Å². The van der Waals surface area contributed by atoms with Gasteiger partial charge >= 0.3 is 5.91 Å². The number of hydrogen-bond acceptors (Lipinski definition) is 9. The quantitative estimate of drug-likeness (QED) is 0.0546. The van der Waals surface area contributed by atoms with Crippen LogP contribution in [-0.2, 0) is 21.9 Å². The van der Waals surface area contributed by atoms with E-state index < -0.39 is 17.7 Å². The summed E-state index contributed by atoms with van der Waals surface area (Å²) in [7, 11) is 0. The number of aryl methyl sites for hydroxylation is 1. The first kappa shape index (κ1) is 30.4. The Labute approximate surface area is 272 Å². The highest BCUT2D eigenvalue weighted by atomic mass is 35.5. The molecule has 2 heterocycles. The monoisotopic (exact) mass is 655 g/mol. The van der Waals surface area contributed by atoms with Crippen LogP contribution in [0.15, 0.2) is 107 Å². The lowest BCUT2D eigenvalue weighted by atomic mass is 9.95. The van der Waals surface area contributed by atoms with Gasteiger partial charge in [-0.25, -0.2) is 0 Å². The van der Waals surface area contributed by atoms with Crippen molar-refractivity contribution in [1.29, 1.82) is 0 Å². The van der Waals surface area contributed by atoms with E-state index in [-0.39, 0.29) is 22.2 Å². The summed E-state index contributed by atoms with van der Waals surface area (Å²) in [5.74, 6) is -0.943. The maximum Gasteiger partial charge on any atom is 0.301 e. The Morgan fingerprint density at radius 1 is 0.956 bits per heavy atom. The molecule has 2 N–H and O–H groups in total. The summed E-state index contributed by atoms with van der Waals surface area (Å²) in [5.41, 5.74) is 3.83. The van der Waals surface area contributed by atoms with Crippen LogP contribution in [0.3, 0.4) is 0 Å². The topological polar surface area (TPSA) is 113 Å². The number of ether oxygens (including phenoxy) is 1. The number of Topliss-reactive ketones (excluding diaryl/α,β-unsaturated/α-hetero) is 1. The van der Waals surface area contributed by atoms with Gasteiger partial charge in [-0.05, 0) is 72.1 Å². The third-order valence-corrected chi connectivity index (χ3v) is 9.50. The molecule has 45 heavy (non-hydrogen) atoms. The molecular formula is C34H26ClN3O5S2. The normalized spacial score (nSPS) is 15.9. The molecule has 5 aromatic rings. The van der Waals surface area contributed by atoms with Gasteiger partial charge in [-0.15, -0.1) is 10.2 Å². The average Bonchev–Trinajstić information content (AvgIpc) is 3.61. The number of anilines is 1. The number of amides is 1. The molecule has 0 bridgehead atoms. The Morgan fingerprint density at radius 3 is 2.44 bits per heavy atom. The highest BCUT2D eigenvalue weighted by Crippen LogP contribution is 2.44. The summed E-state index contributed by atoms with van der Waals surface area (Å²) < 4.78 is 6.50. The third-order valence-electron chi connectivity index (χ3n) is 7.12. The van der Waals surface area contributed by atoms with Crippen molar-refractivity contribution in [3.05, 3.63) is 135 Å². The predicted octanol–water partition coefficient (Wildman–Crippen LogP) is 7.70. The average molecular weight is 656 g/mol. The van der Waals surface area contributed by atoms with Crippen molar-refractivity contribution in [3.8, 4) is 11.5 Å². The molecule has 1 aliphatic heterocycles. The zero-order chi connectivity index (χ0) is 31.5. The SMILES string of the molecule is Cc1cccc(COc2ccc(C(O)=C3C(=O)C(=O)N(c4nnc(SCc5ccc(Cl)cc5)s4)C3c3cccc(O)c3)cc2)c1. The molecule has 0 radical (unpaired) electrons.